The molecule has 5 nitrogen and oxygen atoms in total. The second kappa shape index (κ2) is 8.31. The van der Waals surface area contributed by atoms with Gasteiger partial charge in [-0.1, -0.05) is 36.2 Å². The van der Waals surface area contributed by atoms with E-state index in [0.717, 1.165) is 31.7 Å². The normalized spacial score (nSPS) is 17.4. The molecule has 3 heterocycles. The summed E-state index contributed by atoms with van der Waals surface area (Å²) < 4.78 is 42.1. The quantitative estimate of drug-likeness (QED) is 0.462. The summed E-state index contributed by atoms with van der Waals surface area (Å²) in [7, 11) is 0. The average Bonchev–Trinajstić information content (AvgIpc) is 3.17. The number of likely N-dealkylation sites (tertiary alicyclic amines) is 1. The van der Waals surface area contributed by atoms with Crippen LogP contribution in [-0.4, -0.2) is 38.0 Å². The van der Waals surface area contributed by atoms with Gasteiger partial charge in [0.1, 0.15) is 0 Å². The Bertz CT molecular complexity index is 1150. The van der Waals surface area contributed by atoms with Crippen LogP contribution in [0.4, 0.5) is 13.2 Å². The lowest BCUT2D eigenvalue weighted by Crippen LogP contribution is -2.43. The van der Waals surface area contributed by atoms with Crippen LogP contribution < -0.4 is 0 Å². The van der Waals surface area contributed by atoms with Gasteiger partial charge < -0.3 is 4.90 Å². The van der Waals surface area contributed by atoms with E-state index in [1.807, 2.05) is 6.92 Å². The highest BCUT2D eigenvalue weighted by molar-refractivity contribution is 6.42. The molecule has 0 N–H and O–H groups in total. The molecule has 10 heteroatoms. The molecule has 4 rings (SSSR count). The fourth-order valence-corrected chi connectivity index (χ4v) is 4.22. The Hall–Kier alpha value is -2.32. The molecule has 1 aliphatic heterocycles. The second-order valence-electron chi connectivity index (χ2n) is 7.51. The minimum absolute atomic E-state index is 0.0513. The first-order chi connectivity index (χ1) is 14.7. The van der Waals surface area contributed by atoms with Crippen LogP contribution in [0, 0.1) is 0 Å². The largest absolute Gasteiger partial charge is 0.433 e. The summed E-state index contributed by atoms with van der Waals surface area (Å²) in [5.41, 5.74) is -0.711. The highest BCUT2D eigenvalue weighted by Crippen LogP contribution is 2.34. The molecule has 1 fully saturated rings. The van der Waals surface area contributed by atoms with Gasteiger partial charge in [-0.05, 0) is 43.9 Å². The Morgan fingerprint density at radius 1 is 1.16 bits per heavy atom. The van der Waals surface area contributed by atoms with Gasteiger partial charge in [0.05, 0.1) is 15.7 Å². The molecule has 0 saturated carbocycles. The van der Waals surface area contributed by atoms with Crippen LogP contribution in [0.2, 0.25) is 10.0 Å². The number of fused-ring (bicyclic) bond motifs is 1. The second-order valence-corrected chi connectivity index (χ2v) is 8.32. The van der Waals surface area contributed by atoms with E-state index in [1.165, 1.54) is 24.3 Å². The van der Waals surface area contributed by atoms with Crippen LogP contribution in [0.3, 0.4) is 0 Å². The maximum atomic E-state index is 13.8. The van der Waals surface area contributed by atoms with Crippen LogP contribution in [-0.2, 0) is 6.18 Å². The molecule has 0 spiro atoms. The third-order valence-corrected chi connectivity index (χ3v) is 6.25. The molecule has 0 bridgehead atoms. The summed E-state index contributed by atoms with van der Waals surface area (Å²) in [6.07, 6.45) is -1.14. The first-order valence-electron chi connectivity index (χ1n) is 9.93. The van der Waals surface area contributed by atoms with Crippen molar-refractivity contribution >= 4 is 34.8 Å². The van der Waals surface area contributed by atoms with E-state index in [4.69, 9.17) is 23.2 Å². The first kappa shape index (κ1) is 21.9. The molecule has 2 aromatic heterocycles. The molecule has 3 aromatic rings. The third kappa shape index (κ3) is 4.23. The number of carbonyl (C=O) groups excluding carboxylic acids is 1. The monoisotopic (exact) mass is 470 g/mol. The zero-order valence-electron chi connectivity index (χ0n) is 16.6. The van der Waals surface area contributed by atoms with Gasteiger partial charge in [0, 0.05) is 24.2 Å². The summed E-state index contributed by atoms with van der Waals surface area (Å²) in [5.74, 6) is -0.374. The summed E-state index contributed by atoms with van der Waals surface area (Å²) >= 11 is 11.9. The molecular weight excluding hydrogens is 452 g/mol. The van der Waals surface area contributed by atoms with E-state index in [0.29, 0.717) is 16.6 Å². The average molecular weight is 471 g/mol. The zero-order chi connectivity index (χ0) is 22.3. The molecule has 1 atom stereocenters. The Labute approximate surface area is 186 Å². The molecule has 164 valence electrons. The first-order valence-corrected chi connectivity index (χ1v) is 10.7. The van der Waals surface area contributed by atoms with Crippen molar-refractivity contribution in [3.8, 4) is 11.3 Å². The van der Waals surface area contributed by atoms with Crippen molar-refractivity contribution in [2.24, 2.45) is 0 Å². The zero-order valence-corrected chi connectivity index (χ0v) is 18.1. The molecule has 31 heavy (non-hydrogen) atoms. The lowest BCUT2D eigenvalue weighted by atomic mass is 9.99. The number of piperidine rings is 1. The number of alkyl halides is 3. The molecule has 1 amide bonds. The van der Waals surface area contributed by atoms with Crippen molar-refractivity contribution < 1.29 is 18.0 Å². The number of carbonyl (C=O) groups is 1. The highest BCUT2D eigenvalue weighted by atomic mass is 35.5. The topological polar surface area (TPSA) is 50.5 Å². The predicted molar refractivity (Wildman–Crippen MR) is 112 cm³/mol. The molecule has 0 radical (unpaired) electrons. The molecule has 1 aromatic carbocycles. The summed E-state index contributed by atoms with van der Waals surface area (Å²) in [4.78, 5) is 19.1. The van der Waals surface area contributed by atoms with Crippen LogP contribution in [0.5, 0.6) is 0 Å². The predicted octanol–water partition coefficient (Wildman–Crippen LogP) is 6.13. The van der Waals surface area contributed by atoms with E-state index in [2.05, 4.69) is 10.1 Å². The highest BCUT2D eigenvalue weighted by Gasteiger charge is 2.36. The fourth-order valence-electron chi connectivity index (χ4n) is 3.92. The van der Waals surface area contributed by atoms with E-state index < -0.39 is 11.9 Å². The number of hydrogen-bond donors (Lipinski definition) is 0. The smallest absolute Gasteiger partial charge is 0.334 e. The standard InChI is InChI=1S/C21H19Cl2F3N4O/c1-2-13-5-3-4-8-29(13)20(31)17-11-19-27-16(12-6-7-14(22)15(23)9-12)10-18(21(24,25)26)30(19)28-17/h6-7,9-11,13H,2-5,8H2,1H3. The third-order valence-electron chi connectivity index (χ3n) is 5.51. The number of hydrogen-bond acceptors (Lipinski definition) is 3. The Balaban J connectivity index is 1.82. The van der Waals surface area contributed by atoms with E-state index in [-0.39, 0.29) is 39.0 Å². The van der Waals surface area contributed by atoms with Gasteiger partial charge >= 0.3 is 6.18 Å². The van der Waals surface area contributed by atoms with Crippen molar-refractivity contribution in [1.29, 1.82) is 0 Å². The van der Waals surface area contributed by atoms with Crippen LogP contribution in [0.15, 0.2) is 30.3 Å². The maximum Gasteiger partial charge on any atom is 0.433 e. The SMILES string of the molecule is CCC1CCCCN1C(=O)c1cc2nc(-c3ccc(Cl)c(Cl)c3)cc(C(F)(F)F)n2n1. The number of aromatic nitrogens is 3. The van der Waals surface area contributed by atoms with Gasteiger partial charge in [-0.3, -0.25) is 4.79 Å². The van der Waals surface area contributed by atoms with E-state index in [1.54, 1.807) is 4.90 Å². The van der Waals surface area contributed by atoms with Crippen molar-refractivity contribution in [1.82, 2.24) is 19.5 Å². The van der Waals surface area contributed by atoms with Crippen molar-refractivity contribution in [3.05, 3.63) is 51.8 Å². The number of rotatable bonds is 3. The van der Waals surface area contributed by atoms with Crippen LogP contribution in [0.1, 0.15) is 48.8 Å². The summed E-state index contributed by atoms with van der Waals surface area (Å²) in [6, 6.07) is 6.74. The summed E-state index contributed by atoms with van der Waals surface area (Å²) in [6.45, 7) is 2.56. The molecule has 1 saturated heterocycles. The Morgan fingerprint density at radius 2 is 1.94 bits per heavy atom. The molecular formula is C21H19Cl2F3N4O. The lowest BCUT2D eigenvalue weighted by Gasteiger charge is -2.34. The van der Waals surface area contributed by atoms with Crippen molar-refractivity contribution in [2.45, 2.75) is 44.8 Å². The van der Waals surface area contributed by atoms with E-state index in [9.17, 15) is 18.0 Å². The molecule has 1 unspecified atom stereocenters. The van der Waals surface area contributed by atoms with Gasteiger partial charge in [0.15, 0.2) is 17.0 Å². The van der Waals surface area contributed by atoms with Crippen molar-refractivity contribution in [3.63, 3.8) is 0 Å². The number of amides is 1. The van der Waals surface area contributed by atoms with Crippen molar-refractivity contribution in [2.75, 3.05) is 6.54 Å². The van der Waals surface area contributed by atoms with Gasteiger partial charge in [0.25, 0.3) is 5.91 Å². The molecule has 0 aliphatic carbocycles. The number of nitrogens with zero attached hydrogens (tertiary/aromatic N) is 4. The Morgan fingerprint density at radius 3 is 2.61 bits per heavy atom. The van der Waals surface area contributed by atoms with E-state index >= 15 is 0 Å². The number of halogens is 5. The Kier molecular flexibility index (Phi) is 5.87. The maximum absolute atomic E-state index is 13.8. The fraction of sp³-hybridized carbons (Fsp3) is 0.381. The van der Waals surface area contributed by atoms with Crippen LogP contribution >= 0.6 is 23.2 Å². The van der Waals surface area contributed by atoms with Gasteiger partial charge in [-0.25, -0.2) is 9.50 Å². The summed E-state index contributed by atoms with van der Waals surface area (Å²) in [5, 5.41) is 4.47. The van der Waals surface area contributed by atoms with Gasteiger partial charge in [-0.2, -0.15) is 18.3 Å². The minimum Gasteiger partial charge on any atom is -0.334 e. The minimum atomic E-state index is -4.70. The van der Waals surface area contributed by atoms with Gasteiger partial charge in [0.2, 0.25) is 0 Å². The van der Waals surface area contributed by atoms with Gasteiger partial charge in [-0.15, -0.1) is 0 Å². The number of benzene rings is 1. The van der Waals surface area contributed by atoms with Crippen LogP contribution in [0.25, 0.3) is 16.9 Å². The molecule has 1 aliphatic rings. The lowest BCUT2D eigenvalue weighted by molar-refractivity contribution is -0.142.